The second-order valence-corrected chi connectivity index (χ2v) is 4.45. The van der Waals surface area contributed by atoms with Crippen LogP contribution in [0, 0.1) is 10.1 Å². The molecular formula is C11H16N4O3. The van der Waals surface area contributed by atoms with Gasteiger partial charge >= 0.3 is 5.82 Å². The lowest BCUT2D eigenvalue weighted by molar-refractivity contribution is -0.389. The monoisotopic (exact) mass is 252 g/mol. The van der Waals surface area contributed by atoms with E-state index in [0.29, 0.717) is 6.54 Å². The average molecular weight is 252 g/mol. The lowest BCUT2D eigenvalue weighted by Crippen LogP contribution is -2.43. The van der Waals surface area contributed by atoms with Gasteiger partial charge in [0.2, 0.25) is 0 Å². The van der Waals surface area contributed by atoms with E-state index in [1.54, 1.807) is 4.90 Å². The summed E-state index contributed by atoms with van der Waals surface area (Å²) in [5, 5.41) is 16.5. The van der Waals surface area contributed by atoms with Gasteiger partial charge in [-0.3, -0.25) is 4.79 Å². The van der Waals surface area contributed by atoms with Crippen molar-refractivity contribution in [2.24, 2.45) is 0 Å². The standard InChI is InChI=1S/C11H16N4O3/c1-2-8-5-3-4-6-14(8)11(16)9-7-10(13-12-9)15(17)18/h7-8H,2-6H2,1H3,(H,12,13)/t8-/m1/s1. The number of rotatable bonds is 3. The summed E-state index contributed by atoms with van der Waals surface area (Å²) >= 11 is 0. The lowest BCUT2D eigenvalue weighted by atomic mass is 9.99. The highest BCUT2D eigenvalue weighted by Crippen LogP contribution is 2.22. The van der Waals surface area contributed by atoms with Crippen molar-refractivity contribution in [3.05, 3.63) is 21.9 Å². The first-order valence-electron chi connectivity index (χ1n) is 6.14. The molecule has 0 aliphatic carbocycles. The van der Waals surface area contributed by atoms with Crippen LogP contribution in [0.15, 0.2) is 6.07 Å². The summed E-state index contributed by atoms with van der Waals surface area (Å²) in [5.74, 6) is -0.464. The Labute approximate surface area is 104 Å². The number of nitro groups is 1. The Morgan fingerprint density at radius 2 is 2.44 bits per heavy atom. The predicted octanol–water partition coefficient (Wildman–Crippen LogP) is 1.72. The maximum Gasteiger partial charge on any atom is 0.343 e. The van der Waals surface area contributed by atoms with Crippen LogP contribution in [0.1, 0.15) is 43.1 Å². The highest BCUT2D eigenvalue weighted by molar-refractivity contribution is 5.93. The number of H-pyrrole nitrogens is 1. The lowest BCUT2D eigenvalue weighted by Gasteiger charge is -2.34. The molecule has 0 bridgehead atoms. The topological polar surface area (TPSA) is 92.1 Å². The summed E-state index contributed by atoms with van der Waals surface area (Å²) in [6.07, 6.45) is 4.00. The van der Waals surface area contributed by atoms with Crippen LogP contribution in [0.3, 0.4) is 0 Å². The number of carbonyl (C=O) groups excluding carboxylic acids is 1. The van der Waals surface area contributed by atoms with Crippen LogP contribution < -0.4 is 0 Å². The Morgan fingerprint density at radius 3 is 3.06 bits per heavy atom. The van der Waals surface area contributed by atoms with Crippen molar-refractivity contribution in [2.45, 2.75) is 38.6 Å². The molecule has 2 rings (SSSR count). The van der Waals surface area contributed by atoms with E-state index in [1.165, 1.54) is 6.07 Å². The van der Waals surface area contributed by atoms with Gasteiger partial charge in [0, 0.05) is 12.6 Å². The van der Waals surface area contributed by atoms with Crippen LogP contribution in [0.5, 0.6) is 0 Å². The molecule has 0 unspecified atom stereocenters. The van der Waals surface area contributed by atoms with Crippen LogP contribution in [-0.2, 0) is 0 Å². The SMILES string of the molecule is CC[C@@H]1CCCCN1C(=O)c1cc([N+](=O)[O-])[nH]n1. The van der Waals surface area contributed by atoms with Crippen molar-refractivity contribution in [1.29, 1.82) is 0 Å². The fraction of sp³-hybridized carbons (Fsp3) is 0.636. The minimum absolute atomic E-state index is 0.127. The molecule has 1 saturated heterocycles. The molecule has 7 nitrogen and oxygen atoms in total. The van der Waals surface area contributed by atoms with Crippen molar-refractivity contribution in [3.8, 4) is 0 Å². The zero-order valence-electron chi connectivity index (χ0n) is 10.3. The second-order valence-electron chi connectivity index (χ2n) is 4.45. The zero-order valence-corrected chi connectivity index (χ0v) is 10.3. The number of hydrogen-bond acceptors (Lipinski definition) is 4. The highest BCUT2D eigenvalue weighted by Gasteiger charge is 2.29. The molecule has 0 radical (unpaired) electrons. The first-order valence-corrected chi connectivity index (χ1v) is 6.14. The van der Waals surface area contributed by atoms with Gasteiger partial charge < -0.3 is 15.0 Å². The van der Waals surface area contributed by atoms with Gasteiger partial charge in [0.1, 0.15) is 0 Å². The Balaban J connectivity index is 2.15. The summed E-state index contributed by atoms with van der Waals surface area (Å²) < 4.78 is 0. The van der Waals surface area contributed by atoms with Gasteiger partial charge in [0.25, 0.3) is 5.91 Å². The van der Waals surface area contributed by atoms with Crippen LogP contribution >= 0.6 is 0 Å². The molecule has 1 fully saturated rings. The van der Waals surface area contributed by atoms with Gasteiger partial charge in [0.05, 0.1) is 6.07 Å². The summed E-state index contributed by atoms with van der Waals surface area (Å²) in [4.78, 5) is 24.0. The third-order valence-electron chi connectivity index (χ3n) is 3.34. The van der Waals surface area contributed by atoms with Crippen molar-refractivity contribution in [1.82, 2.24) is 15.1 Å². The normalized spacial score (nSPS) is 19.8. The van der Waals surface area contributed by atoms with Gasteiger partial charge in [-0.15, -0.1) is 5.10 Å². The van der Waals surface area contributed by atoms with E-state index < -0.39 is 4.92 Å². The first kappa shape index (κ1) is 12.5. The molecule has 1 aliphatic rings. The van der Waals surface area contributed by atoms with E-state index in [4.69, 9.17) is 0 Å². The van der Waals surface area contributed by atoms with Gasteiger partial charge in [0.15, 0.2) is 5.69 Å². The maximum absolute atomic E-state index is 12.2. The van der Waals surface area contributed by atoms with Gasteiger partial charge in [-0.1, -0.05) is 12.0 Å². The number of hydrogen-bond donors (Lipinski definition) is 1. The van der Waals surface area contributed by atoms with Crippen LogP contribution in [0.25, 0.3) is 0 Å². The molecule has 1 atom stereocenters. The quantitative estimate of drug-likeness (QED) is 0.654. The molecule has 0 aromatic carbocycles. The molecule has 1 N–H and O–H groups in total. The highest BCUT2D eigenvalue weighted by atomic mass is 16.6. The van der Waals surface area contributed by atoms with Crippen molar-refractivity contribution in [2.75, 3.05) is 6.54 Å². The third kappa shape index (κ3) is 2.34. The third-order valence-corrected chi connectivity index (χ3v) is 3.34. The maximum atomic E-state index is 12.2. The van der Waals surface area contributed by atoms with E-state index in [2.05, 4.69) is 10.2 Å². The first-order chi connectivity index (χ1) is 8.63. The smallest absolute Gasteiger partial charge is 0.343 e. The molecule has 1 aromatic heterocycles. The van der Waals surface area contributed by atoms with Gasteiger partial charge in [-0.25, -0.2) is 0 Å². The molecular weight excluding hydrogens is 236 g/mol. The Kier molecular flexibility index (Phi) is 3.59. The zero-order chi connectivity index (χ0) is 13.1. The number of aromatic amines is 1. The number of nitrogens with zero attached hydrogens (tertiary/aromatic N) is 3. The van der Waals surface area contributed by atoms with E-state index in [-0.39, 0.29) is 23.5 Å². The molecule has 0 saturated carbocycles. The molecule has 1 amide bonds. The number of amides is 1. The number of likely N-dealkylation sites (tertiary alicyclic amines) is 1. The van der Waals surface area contributed by atoms with Crippen LogP contribution in [0.4, 0.5) is 5.82 Å². The fourth-order valence-electron chi connectivity index (χ4n) is 2.35. The Morgan fingerprint density at radius 1 is 1.67 bits per heavy atom. The number of carbonyl (C=O) groups is 1. The summed E-state index contributed by atoms with van der Waals surface area (Å²) in [6.45, 7) is 2.75. The van der Waals surface area contributed by atoms with E-state index in [0.717, 1.165) is 25.7 Å². The molecule has 1 aliphatic heterocycles. The van der Waals surface area contributed by atoms with E-state index in [1.807, 2.05) is 6.92 Å². The second kappa shape index (κ2) is 5.16. The van der Waals surface area contributed by atoms with Crippen molar-refractivity contribution < 1.29 is 9.72 Å². The average Bonchev–Trinajstić information content (AvgIpc) is 2.87. The van der Waals surface area contributed by atoms with Gasteiger partial charge in [-0.2, -0.15) is 0 Å². The Bertz CT molecular complexity index is 457. The minimum Gasteiger partial charge on any atom is -0.358 e. The van der Waals surface area contributed by atoms with Crippen molar-refractivity contribution >= 4 is 11.7 Å². The minimum atomic E-state index is -0.586. The Hall–Kier alpha value is -1.92. The fourth-order valence-corrected chi connectivity index (χ4v) is 2.35. The predicted molar refractivity (Wildman–Crippen MR) is 64.2 cm³/mol. The summed E-state index contributed by atoms with van der Waals surface area (Å²) in [7, 11) is 0. The molecule has 7 heteroatoms. The van der Waals surface area contributed by atoms with Crippen molar-refractivity contribution in [3.63, 3.8) is 0 Å². The van der Waals surface area contributed by atoms with Crippen LogP contribution in [0.2, 0.25) is 0 Å². The molecule has 18 heavy (non-hydrogen) atoms. The molecule has 98 valence electrons. The molecule has 1 aromatic rings. The van der Waals surface area contributed by atoms with Gasteiger partial charge in [-0.05, 0) is 30.6 Å². The van der Waals surface area contributed by atoms with E-state index >= 15 is 0 Å². The summed E-state index contributed by atoms with van der Waals surface area (Å²) in [5.41, 5.74) is 0.127. The van der Waals surface area contributed by atoms with Crippen LogP contribution in [-0.4, -0.2) is 38.5 Å². The molecule has 0 spiro atoms. The molecule has 2 heterocycles. The van der Waals surface area contributed by atoms with E-state index in [9.17, 15) is 14.9 Å². The largest absolute Gasteiger partial charge is 0.358 e. The summed E-state index contributed by atoms with van der Waals surface area (Å²) in [6, 6.07) is 1.42. The number of piperidine rings is 1. The number of nitrogens with one attached hydrogen (secondary N) is 1. The number of aromatic nitrogens is 2.